The number of unbranched alkanes of at least 4 members (excludes halogenated alkanes) is 2. The number of hydrogen-bond donors (Lipinski definition) is 0. The molecule has 0 amide bonds. The van der Waals surface area contributed by atoms with Gasteiger partial charge in [0.1, 0.15) is 5.75 Å². The zero-order valence-electron chi connectivity index (χ0n) is 9.88. The summed E-state index contributed by atoms with van der Waals surface area (Å²) in [5.74, 6) is 0.988. The number of rotatable bonds is 6. The second kappa shape index (κ2) is 6.78. The van der Waals surface area contributed by atoms with E-state index in [1.807, 2.05) is 0 Å². The van der Waals surface area contributed by atoms with Crippen LogP contribution in [0.2, 0.25) is 0 Å². The fourth-order valence-electron chi connectivity index (χ4n) is 1.62. The summed E-state index contributed by atoms with van der Waals surface area (Å²) in [6.07, 6.45) is 7.17. The number of aryl methyl sites for hydroxylation is 1. The van der Waals surface area contributed by atoms with E-state index >= 15 is 0 Å². The van der Waals surface area contributed by atoms with Crippen molar-refractivity contribution in [3.05, 3.63) is 23.8 Å². The van der Waals surface area contributed by atoms with Crippen LogP contribution < -0.4 is 4.74 Å². The third kappa shape index (κ3) is 3.78. The Balaban J connectivity index is 2.66. The molecule has 0 aliphatic rings. The number of methoxy groups -OCH3 is 1. The predicted octanol–water partition coefficient (Wildman–Crippen LogP) is 4.15. The normalized spacial score (nSPS) is 10.3. The van der Waals surface area contributed by atoms with Crippen LogP contribution in [0.5, 0.6) is 5.75 Å². The van der Waals surface area contributed by atoms with Crippen molar-refractivity contribution in [1.82, 2.24) is 0 Å². The predicted molar refractivity (Wildman–Crippen MR) is 68.0 cm³/mol. The number of benzene rings is 1. The lowest BCUT2D eigenvalue weighted by molar-refractivity contribution is 0.404. The molecule has 0 radical (unpaired) electrons. The summed E-state index contributed by atoms with van der Waals surface area (Å²) in [5.41, 5.74) is 1.42. The maximum atomic E-state index is 5.30. The minimum absolute atomic E-state index is 0.988. The highest BCUT2D eigenvalue weighted by Crippen LogP contribution is 2.28. The molecule has 1 aromatic rings. The summed E-state index contributed by atoms with van der Waals surface area (Å²) in [5, 5.41) is 0. The van der Waals surface area contributed by atoms with Gasteiger partial charge in [0.05, 0.1) is 7.11 Å². The van der Waals surface area contributed by atoms with Gasteiger partial charge >= 0.3 is 0 Å². The van der Waals surface area contributed by atoms with E-state index in [0.717, 1.165) is 5.75 Å². The molecule has 0 atom stereocenters. The van der Waals surface area contributed by atoms with Crippen LogP contribution >= 0.6 is 11.8 Å². The van der Waals surface area contributed by atoms with Crippen molar-refractivity contribution in [3.63, 3.8) is 0 Å². The van der Waals surface area contributed by atoms with E-state index in [1.165, 1.54) is 36.1 Å². The van der Waals surface area contributed by atoms with E-state index in [-0.39, 0.29) is 0 Å². The highest BCUT2D eigenvalue weighted by molar-refractivity contribution is 7.98. The van der Waals surface area contributed by atoms with Crippen molar-refractivity contribution < 1.29 is 4.74 Å². The third-order valence-corrected chi connectivity index (χ3v) is 3.28. The summed E-state index contributed by atoms with van der Waals surface area (Å²) >= 11 is 1.75. The van der Waals surface area contributed by atoms with E-state index in [4.69, 9.17) is 4.74 Å². The van der Waals surface area contributed by atoms with Crippen LogP contribution in [0.3, 0.4) is 0 Å². The van der Waals surface area contributed by atoms with Crippen molar-refractivity contribution in [3.8, 4) is 5.75 Å². The van der Waals surface area contributed by atoms with E-state index in [1.54, 1.807) is 18.9 Å². The average Bonchev–Trinajstić information content (AvgIpc) is 2.29. The average molecular weight is 224 g/mol. The second-order valence-electron chi connectivity index (χ2n) is 3.65. The molecular formula is C13H20OS. The van der Waals surface area contributed by atoms with E-state index in [9.17, 15) is 0 Å². The van der Waals surface area contributed by atoms with Gasteiger partial charge in [-0.1, -0.05) is 25.8 Å². The van der Waals surface area contributed by atoms with Crippen molar-refractivity contribution in [2.45, 2.75) is 37.5 Å². The molecule has 1 rings (SSSR count). The number of thioether (sulfide) groups is 1. The molecule has 2 heteroatoms. The summed E-state index contributed by atoms with van der Waals surface area (Å²) in [6, 6.07) is 6.50. The van der Waals surface area contributed by atoms with Gasteiger partial charge in [-0.15, -0.1) is 11.8 Å². The fraction of sp³-hybridized carbons (Fsp3) is 0.538. The lowest BCUT2D eigenvalue weighted by atomic mass is 10.1. The van der Waals surface area contributed by atoms with Gasteiger partial charge in [-0.25, -0.2) is 0 Å². The van der Waals surface area contributed by atoms with Gasteiger partial charge in [0.2, 0.25) is 0 Å². The molecule has 0 bridgehead atoms. The second-order valence-corrected chi connectivity index (χ2v) is 4.49. The van der Waals surface area contributed by atoms with Crippen molar-refractivity contribution in [2.75, 3.05) is 13.4 Å². The Kier molecular flexibility index (Phi) is 5.62. The third-order valence-electron chi connectivity index (χ3n) is 2.52. The fourth-order valence-corrected chi connectivity index (χ4v) is 2.24. The quantitative estimate of drug-likeness (QED) is 0.530. The summed E-state index contributed by atoms with van der Waals surface area (Å²) in [7, 11) is 1.73. The smallest absolute Gasteiger partial charge is 0.132 e. The Hall–Kier alpha value is -0.630. The first kappa shape index (κ1) is 12.4. The standard InChI is InChI=1S/C13H20OS/c1-4-5-6-7-11-8-9-12(14-2)13(10-11)15-3/h8-10H,4-7H2,1-3H3. The van der Waals surface area contributed by atoms with Gasteiger partial charge < -0.3 is 4.74 Å². The van der Waals surface area contributed by atoms with E-state index in [2.05, 4.69) is 31.4 Å². The molecule has 0 spiro atoms. The lowest BCUT2D eigenvalue weighted by Gasteiger charge is -2.08. The van der Waals surface area contributed by atoms with E-state index in [0.29, 0.717) is 0 Å². The Labute approximate surface area is 97.2 Å². The first-order valence-corrected chi connectivity index (χ1v) is 6.75. The van der Waals surface area contributed by atoms with Crippen molar-refractivity contribution in [2.24, 2.45) is 0 Å². The molecule has 0 N–H and O–H groups in total. The molecule has 0 saturated carbocycles. The van der Waals surface area contributed by atoms with Crippen LogP contribution in [0.4, 0.5) is 0 Å². The van der Waals surface area contributed by atoms with Crippen molar-refractivity contribution >= 4 is 11.8 Å². The van der Waals surface area contributed by atoms with Gasteiger partial charge in [-0.05, 0) is 36.8 Å². The topological polar surface area (TPSA) is 9.23 Å². The Morgan fingerprint density at radius 3 is 2.67 bits per heavy atom. The van der Waals surface area contributed by atoms with E-state index < -0.39 is 0 Å². The van der Waals surface area contributed by atoms with Crippen LogP contribution in [0, 0.1) is 0 Å². The Bertz CT molecular complexity index is 297. The van der Waals surface area contributed by atoms with Gasteiger partial charge in [-0.2, -0.15) is 0 Å². The molecular weight excluding hydrogens is 204 g/mol. The first-order chi connectivity index (χ1) is 7.31. The molecule has 0 unspecified atom stereocenters. The van der Waals surface area contributed by atoms with Gasteiger partial charge in [0, 0.05) is 4.90 Å². The zero-order chi connectivity index (χ0) is 11.1. The summed E-state index contributed by atoms with van der Waals surface area (Å²) < 4.78 is 5.30. The van der Waals surface area contributed by atoms with Gasteiger partial charge in [0.25, 0.3) is 0 Å². The monoisotopic (exact) mass is 224 g/mol. The number of hydrogen-bond acceptors (Lipinski definition) is 2. The molecule has 0 heterocycles. The van der Waals surface area contributed by atoms with Crippen LogP contribution in [-0.4, -0.2) is 13.4 Å². The lowest BCUT2D eigenvalue weighted by Crippen LogP contribution is -1.90. The van der Waals surface area contributed by atoms with Crippen molar-refractivity contribution in [1.29, 1.82) is 0 Å². The van der Waals surface area contributed by atoms with Gasteiger partial charge in [-0.3, -0.25) is 0 Å². The molecule has 1 aromatic carbocycles. The maximum Gasteiger partial charge on any atom is 0.132 e. The van der Waals surface area contributed by atoms with Crippen LogP contribution in [0.15, 0.2) is 23.1 Å². The summed E-state index contributed by atoms with van der Waals surface area (Å²) in [4.78, 5) is 1.24. The van der Waals surface area contributed by atoms with Crippen LogP contribution in [0.25, 0.3) is 0 Å². The SMILES string of the molecule is CCCCCc1ccc(OC)c(SC)c1. The molecule has 15 heavy (non-hydrogen) atoms. The highest BCUT2D eigenvalue weighted by atomic mass is 32.2. The Morgan fingerprint density at radius 1 is 1.27 bits per heavy atom. The largest absolute Gasteiger partial charge is 0.496 e. The molecule has 0 saturated heterocycles. The maximum absolute atomic E-state index is 5.30. The van der Waals surface area contributed by atoms with Crippen LogP contribution in [-0.2, 0) is 6.42 Å². The zero-order valence-corrected chi connectivity index (χ0v) is 10.7. The minimum Gasteiger partial charge on any atom is -0.496 e. The van der Waals surface area contributed by atoms with Crippen LogP contribution in [0.1, 0.15) is 31.7 Å². The minimum atomic E-state index is 0.988. The molecule has 0 fully saturated rings. The molecule has 84 valence electrons. The highest BCUT2D eigenvalue weighted by Gasteiger charge is 2.02. The van der Waals surface area contributed by atoms with Gasteiger partial charge in [0.15, 0.2) is 0 Å². The molecule has 0 aromatic heterocycles. The Morgan fingerprint density at radius 2 is 2.07 bits per heavy atom. The first-order valence-electron chi connectivity index (χ1n) is 5.52. The molecule has 0 aliphatic carbocycles. The molecule has 0 aliphatic heterocycles. The summed E-state index contributed by atoms with van der Waals surface area (Å²) in [6.45, 7) is 2.24. The molecule has 1 nitrogen and oxygen atoms in total. The number of ether oxygens (including phenoxy) is 1.